The predicted octanol–water partition coefficient (Wildman–Crippen LogP) is 3.28. The van der Waals surface area contributed by atoms with Crippen molar-refractivity contribution in [2.24, 2.45) is 0 Å². The number of nitrogens with zero attached hydrogens (tertiary/aromatic N) is 1. The van der Waals surface area contributed by atoms with E-state index in [1.165, 1.54) is 6.07 Å². The maximum Gasteiger partial charge on any atom is 0.129 e. The van der Waals surface area contributed by atoms with Crippen LogP contribution in [0.3, 0.4) is 0 Å². The molecule has 0 saturated heterocycles. The van der Waals surface area contributed by atoms with Crippen LogP contribution in [-0.2, 0) is 6.61 Å². The van der Waals surface area contributed by atoms with Gasteiger partial charge in [0.2, 0.25) is 0 Å². The van der Waals surface area contributed by atoms with E-state index in [0.29, 0.717) is 16.9 Å². The minimum absolute atomic E-state index is 0.179. The Morgan fingerprint density at radius 2 is 1.76 bits per heavy atom. The van der Waals surface area contributed by atoms with E-state index in [9.17, 15) is 4.39 Å². The molecule has 0 aliphatic rings. The Kier molecular flexibility index (Phi) is 3.37. The van der Waals surface area contributed by atoms with Crippen molar-refractivity contribution in [1.82, 2.24) is 0 Å². The Bertz CT molecular complexity index is 543. The lowest BCUT2D eigenvalue weighted by Gasteiger charge is -2.06. The summed E-state index contributed by atoms with van der Waals surface area (Å²) < 4.78 is 18.7. The van der Waals surface area contributed by atoms with E-state index in [4.69, 9.17) is 10.00 Å². The average molecular weight is 227 g/mol. The molecule has 0 spiro atoms. The standard InChI is InChI=1S/C14H10FNO/c15-14-4-2-1-3-12(14)10-17-13-7-5-11(9-16)6-8-13/h1-8H,10H2. The smallest absolute Gasteiger partial charge is 0.129 e. The van der Waals surface area contributed by atoms with Gasteiger partial charge >= 0.3 is 0 Å². The highest BCUT2D eigenvalue weighted by Crippen LogP contribution is 2.15. The van der Waals surface area contributed by atoms with Crippen molar-refractivity contribution in [3.05, 3.63) is 65.5 Å². The quantitative estimate of drug-likeness (QED) is 0.806. The number of halogens is 1. The summed E-state index contributed by atoms with van der Waals surface area (Å²) in [6, 6.07) is 15.2. The first-order chi connectivity index (χ1) is 8.29. The molecule has 0 saturated carbocycles. The van der Waals surface area contributed by atoms with E-state index in [1.807, 2.05) is 6.07 Å². The molecule has 84 valence electrons. The van der Waals surface area contributed by atoms with Crippen molar-refractivity contribution in [3.63, 3.8) is 0 Å². The first kappa shape index (κ1) is 11.2. The molecule has 2 aromatic rings. The van der Waals surface area contributed by atoms with Crippen LogP contribution in [0, 0.1) is 17.1 Å². The van der Waals surface area contributed by atoms with Gasteiger partial charge in [-0.05, 0) is 30.3 Å². The molecular formula is C14H10FNO. The van der Waals surface area contributed by atoms with E-state index < -0.39 is 0 Å². The normalized spacial score (nSPS) is 9.65. The van der Waals surface area contributed by atoms with Gasteiger partial charge < -0.3 is 4.74 Å². The Balaban J connectivity index is 2.03. The Morgan fingerprint density at radius 1 is 1.06 bits per heavy atom. The van der Waals surface area contributed by atoms with Crippen LogP contribution >= 0.6 is 0 Å². The fourth-order valence-corrected chi connectivity index (χ4v) is 1.40. The highest BCUT2D eigenvalue weighted by atomic mass is 19.1. The van der Waals surface area contributed by atoms with Crippen LogP contribution in [0.25, 0.3) is 0 Å². The van der Waals surface area contributed by atoms with E-state index in [0.717, 1.165) is 0 Å². The highest BCUT2D eigenvalue weighted by Gasteiger charge is 2.01. The van der Waals surface area contributed by atoms with Crippen molar-refractivity contribution < 1.29 is 9.13 Å². The lowest BCUT2D eigenvalue weighted by atomic mass is 10.2. The zero-order valence-corrected chi connectivity index (χ0v) is 9.06. The topological polar surface area (TPSA) is 33.0 Å². The Morgan fingerprint density at radius 3 is 2.41 bits per heavy atom. The van der Waals surface area contributed by atoms with Crippen molar-refractivity contribution >= 4 is 0 Å². The molecule has 2 nitrogen and oxygen atoms in total. The Hall–Kier alpha value is -2.34. The van der Waals surface area contributed by atoms with Crippen molar-refractivity contribution in [3.8, 4) is 11.8 Å². The molecule has 0 amide bonds. The van der Waals surface area contributed by atoms with Gasteiger partial charge in [0.25, 0.3) is 0 Å². The van der Waals surface area contributed by atoms with Crippen LogP contribution in [0.2, 0.25) is 0 Å². The van der Waals surface area contributed by atoms with Crippen LogP contribution < -0.4 is 4.74 Å². The molecule has 2 aromatic carbocycles. The predicted molar refractivity (Wildman–Crippen MR) is 61.9 cm³/mol. The molecular weight excluding hydrogens is 217 g/mol. The molecule has 0 aliphatic carbocycles. The average Bonchev–Trinajstić information content (AvgIpc) is 2.38. The number of benzene rings is 2. The second-order valence-electron chi connectivity index (χ2n) is 3.52. The maximum absolute atomic E-state index is 13.3. The zero-order valence-electron chi connectivity index (χ0n) is 9.06. The molecule has 17 heavy (non-hydrogen) atoms. The molecule has 0 radical (unpaired) electrons. The molecule has 0 unspecified atom stereocenters. The largest absolute Gasteiger partial charge is 0.489 e. The minimum Gasteiger partial charge on any atom is -0.489 e. The van der Waals surface area contributed by atoms with Gasteiger partial charge in [0.05, 0.1) is 11.6 Å². The summed E-state index contributed by atoms with van der Waals surface area (Å²) in [6.45, 7) is 0.179. The van der Waals surface area contributed by atoms with E-state index >= 15 is 0 Å². The minimum atomic E-state index is -0.277. The number of nitriles is 1. The van der Waals surface area contributed by atoms with Crippen molar-refractivity contribution in [2.45, 2.75) is 6.61 Å². The van der Waals surface area contributed by atoms with Gasteiger partial charge in [-0.25, -0.2) is 4.39 Å². The summed E-state index contributed by atoms with van der Waals surface area (Å²) in [5, 5.41) is 8.63. The van der Waals surface area contributed by atoms with Gasteiger partial charge in [-0.15, -0.1) is 0 Å². The number of rotatable bonds is 3. The van der Waals surface area contributed by atoms with Gasteiger partial charge in [-0.1, -0.05) is 18.2 Å². The summed E-state index contributed by atoms with van der Waals surface area (Å²) in [7, 11) is 0. The van der Waals surface area contributed by atoms with Gasteiger partial charge in [0, 0.05) is 5.56 Å². The molecule has 3 heteroatoms. The van der Waals surface area contributed by atoms with Crippen LogP contribution in [0.5, 0.6) is 5.75 Å². The molecule has 0 atom stereocenters. The lowest BCUT2D eigenvalue weighted by Crippen LogP contribution is -1.97. The number of ether oxygens (including phenoxy) is 1. The first-order valence-corrected chi connectivity index (χ1v) is 5.16. The zero-order chi connectivity index (χ0) is 12.1. The van der Waals surface area contributed by atoms with E-state index in [-0.39, 0.29) is 12.4 Å². The Labute approximate surface area is 98.9 Å². The van der Waals surface area contributed by atoms with Crippen LogP contribution in [0.1, 0.15) is 11.1 Å². The molecule has 0 bridgehead atoms. The molecule has 2 rings (SSSR count). The second-order valence-corrected chi connectivity index (χ2v) is 3.52. The van der Waals surface area contributed by atoms with Gasteiger partial charge in [0.15, 0.2) is 0 Å². The fourth-order valence-electron chi connectivity index (χ4n) is 1.40. The van der Waals surface area contributed by atoms with E-state index in [1.54, 1.807) is 42.5 Å². The van der Waals surface area contributed by atoms with Gasteiger partial charge in [-0.3, -0.25) is 0 Å². The summed E-state index contributed by atoms with van der Waals surface area (Å²) in [5.74, 6) is 0.341. The van der Waals surface area contributed by atoms with Gasteiger partial charge in [0.1, 0.15) is 18.2 Å². The monoisotopic (exact) mass is 227 g/mol. The molecule has 0 aliphatic heterocycles. The van der Waals surface area contributed by atoms with Crippen LogP contribution in [0.15, 0.2) is 48.5 Å². The van der Waals surface area contributed by atoms with Crippen LogP contribution in [-0.4, -0.2) is 0 Å². The molecule has 0 fully saturated rings. The summed E-state index contributed by atoms with van der Waals surface area (Å²) in [5.41, 5.74) is 1.08. The summed E-state index contributed by atoms with van der Waals surface area (Å²) >= 11 is 0. The molecule has 0 aromatic heterocycles. The summed E-state index contributed by atoms with van der Waals surface area (Å²) in [4.78, 5) is 0. The third-order valence-electron chi connectivity index (χ3n) is 2.34. The number of hydrogen-bond donors (Lipinski definition) is 0. The number of hydrogen-bond acceptors (Lipinski definition) is 2. The lowest BCUT2D eigenvalue weighted by molar-refractivity contribution is 0.300. The first-order valence-electron chi connectivity index (χ1n) is 5.16. The molecule has 0 N–H and O–H groups in total. The van der Waals surface area contributed by atoms with E-state index in [2.05, 4.69) is 0 Å². The maximum atomic E-state index is 13.3. The fraction of sp³-hybridized carbons (Fsp3) is 0.0714. The van der Waals surface area contributed by atoms with Crippen molar-refractivity contribution in [1.29, 1.82) is 5.26 Å². The second kappa shape index (κ2) is 5.13. The highest BCUT2D eigenvalue weighted by molar-refractivity contribution is 5.34. The third-order valence-corrected chi connectivity index (χ3v) is 2.34. The third kappa shape index (κ3) is 2.82. The van der Waals surface area contributed by atoms with Crippen molar-refractivity contribution in [2.75, 3.05) is 0 Å². The van der Waals surface area contributed by atoms with Gasteiger partial charge in [-0.2, -0.15) is 5.26 Å². The molecule has 0 heterocycles. The summed E-state index contributed by atoms with van der Waals surface area (Å²) in [6.07, 6.45) is 0. The van der Waals surface area contributed by atoms with Crippen LogP contribution in [0.4, 0.5) is 4.39 Å². The SMILES string of the molecule is N#Cc1ccc(OCc2ccccc2F)cc1.